The van der Waals surface area contributed by atoms with Crippen molar-refractivity contribution in [3.05, 3.63) is 54.1 Å². The summed E-state index contributed by atoms with van der Waals surface area (Å²) in [4.78, 5) is 24.7. The van der Waals surface area contributed by atoms with E-state index < -0.39 is 0 Å². The molecule has 6 heteroatoms. The first-order valence-corrected chi connectivity index (χ1v) is 8.85. The van der Waals surface area contributed by atoms with Crippen molar-refractivity contribution < 1.29 is 19.1 Å². The lowest BCUT2D eigenvalue weighted by atomic mass is 10.1. The van der Waals surface area contributed by atoms with E-state index in [1.54, 1.807) is 30.0 Å². The zero-order valence-corrected chi connectivity index (χ0v) is 15.1. The Morgan fingerprint density at radius 3 is 2.56 bits per heavy atom. The normalized spacial score (nSPS) is 10.2. The molecule has 0 aromatic heterocycles. The maximum absolute atomic E-state index is 11.9. The highest BCUT2D eigenvalue weighted by atomic mass is 32.2. The van der Waals surface area contributed by atoms with E-state index in [1.165, 1.54) is 14.0 Å². The second-order valence-electron chi connectivity index (χ2n) is 5.22. The molecule has 0 bridgehead atoms. The summed E-state index contributed by atoms with van der Waals surface area (Å²) in [5.41, 5.74) is 0.395. The first kappa shape index (κ1) is 18.9. The first-order chi connectivity index (χ1) is 12.1. The number of benzene rings is 2. The highest BCUT2D eigenvalue weighted by molar-refractivity contribution is 7.99. The predicted molar refractivity (Wildman–Crippen MR) is 98.7 cm³/mol. The lowest BCUT2D eigenvalue weighted by Gasteiger charge is -2.11. The molecule has 0 saturated carbocycles. The average Bonchev–Trinajstić information content (AvgIpc) is 2.64. The number of nitrogens with one attached hydrogen (secondary N) is 1. The predicted octanol–water partition coefficient (Wildman–Crippen LogP) is 3.19. The number of thioether (sulfide) groups is 1. The van der Waals surface area contributed by atoms with Crippen molar-refractivity contribution in [2.45, 2.75) is 11.8 Å². The molecule has 0 atom stereocenters. The van der Waals surface area contributed by atoms with E-state index in [2.05, 4.69) is 5.32 Å². The van der Waals surface area contributed by atoms with Crippen molar-refractivity contribution in [1.29, 1.82) is 0 Å². The van der Waals surface area contributed by atoms with Crippen LogP contribution in [0.4, 0.5) is 0 Å². The van der Waals surface area contributed by atoms with Gasteiger partial charge in [-0.05, 0) is 37.3 Å². The number of rotatable bonds is 9. The van der Waals surface area contributed by atoms with Gasteiger partial charge in [0.1, 0.15) is 11.5 Å². The molecule has 0 aliphatic rings. The zero-order valence-electron chi connectivity index (χ0n) is 14.3. The standard InChI is InChI=1S/C19H21NO4S/c1-14(21)17-12-15(23-2)8-9-18(17)24-13-19(22)20-10-11-25-16-6-4-3-5-7-16/h3-9,12H,10-11,13H2,1-2H3,(H,20,22). The fourth-order valence-electron chi connectivity index (χ4n) is 2.11. The molecule has 1 amide bonds. The van der Waals surface area contributed by atoms with Crippen molar-refractivity contribution in [3.8, 4) is 11.5 Å². The maximum atomic E-state index is 11.9. The fraction of sp³-hybridized carbons (Fsp3) is 0.263. The highest BCUT2D eigenvalue weighted by Crippen LogP contribution is 2.24. The van der Waals surface area contributed by atoms with Gasteiger partial charge >= 0.3 is 0 Å². The molecule has 2 aromatic rings. The van der Waals surface area contributed by atoms with Crippen molar-refractivity contribution in [2.75, 3.05) is 26.0 Å². The van der Waals surface area contributed by atoms with Crippen LogP contribution in [0, 0.1) is 0 Å². The molecule has 0 aliphatic carbocycles. The van der Waals surface area contributed by atoms with Crippen LogP contribution in [0.3, 0.4) is 0 Å². The molecule has 0 aliphatic heterocycles. The quantitative estimate of drug-likeness (QED) is 0.423. The van der Waals surface area contributed by atoms with Gasteiger partial charge in [0.15, 0.2) is 12.4 Å². The number of hydrogen-bond acceptors (Lipinski definition) is 5. The van der Waals surface area contributed by atoms with Gasteiger partial charge in [-0.2, -0.15) is 0 Å². The largest absolute Gasteiger partial charge is 0.497 e. The molecule has 0 spiro atoms. The number of carbonyl (C=O) groups excluding carboxylic acids is 2. The summed E-state index contributed by atoms with van der Waals surface area (Å²) in [7, 11) is 1.53. The Kier molecular flexibility index (Phi) is 7.35. The molecular weight excluding hydrogens is 338 g/mol. The summed E-state index contributed by atoms with van der Waals surface area (Å²) in [6.45, 7) is 1.86. The minimum absolute atomic E-state index is 0.136. The molecule has 0 unspecified atom stereocenters. The Hall–Kier alpha value is -2.47. The van der Waals surface area contributed by atoms with Crippen LogP contribution in [0.5, 0.6) is 11.5 Å². The number of ether oxygens (including phenoxy) is 2. The number of ketones is 1. The third-order valence-corrected chi connectivity index (χ3v) is 4.37. The van der Waals surface area contributed by atoms with E-state index in [-0.39, 0.29) is 18.3 Å². The van der Waals surface area contributed by atoms with Gasteiger partial charge in [0.25, 0.3) is 5.91 Å². The second-order valence-corrected chi connectivity index (χ2v) is 6.39. The maximum Gasteiger partial charge on any atom is 0.257 e. The Morgan fingerprint density at radius 1 is 1.12 bits per heavy atom. The van der Waals surface area contributed by atoms with Crippen LogP contribution in [0.1, 0.15) is 17.3 Å². The number of methoxy groups -OCH3 is 1. The van der Waals surface area contributed by atoms with Crippen molar-refractivity contribution in [2.24, 2.45) is 0 Å². The Morgan fingerprint density at radius 2 is 1.88 bits per heavy atom. The van der Waals surface area contributed by atoms with E-state index in [0.29, 0.717) is 23.6 Å². The second kappa shape index (κ2) is 9.74. The van der Waals surface area contributed by atoms with Crippen LogP contribution < -0.4 is 14.8 Å². The fourth-order valence-corrected chi connectivity index (χ4v) is 2.90. The molecule has 5 nitrogen and oxygen atoms in total. The lowest BCUT2D eigenvalue weighted by molar-refractivity contribution is -0.122. The van der Waals surface area contributed by atoms with E-state index >= 15 is 0 Å². The van der Waals surface area contributed by atoms with Crippen molar-refractivity contribution in [3.63, 3.8) is 0 Å². The van der Waals surface area contributed by atoms with E-state index in [1.807, 2.05) is 30.3 Å². The van der Waals surface area contributed by atoms with Crippen LogP contribution in [0.2, 0.25) is 0 Å². The third-order valence-electron chi connectivity index (χ3n) is 3.36. The molecule has 0 fully saturated rings. The van der Waals surface area contributed by atoms with Gasteiger partial charge in [-0.25, -0.2) is 0 Å². The highest BCUT2D eigenvalue weighted by Gasteiger charge is 2.12. The Labute approximate surface area is 151 Å². The lowest BCUT2D eigenvalue weighted by Crippen LogP contribution is -2.30. The zero-order chi connectivity index (χ0) is 18.1. The van der Waals surface area contributed by atoms with Crippen LogP contribution in [0.15, 0.2) is 53.4 Å². The SMILES string of the molecule is COc1ccc(OCC(=O)NCCSc2ccccc2)c(C(C)=O)c1. The van der Waals surface area contributed by atoms with Crippen molar-refractivity contribution >= 4 is 23.5 Å². The van der Waals surface area contributed by atoms with Crippen LogP contribution in [-0.4, -0.2) is 37.7 Å². The third kappa shape index (κ3) is 6.15. The molecule has 1 N–H and O–H groups in total. The summed E-state index contributed by atoms with van der Waals surface area (Å²) < 4.78 is 10.6. The van der Waals surface area contributed by atoms with Crippen LogP contribution in [-0.2, 0) is 4.79 Å². The smallest absolute Gasteiger partial charge is 0.257 e. The topological polar surface area (TPSA) is 64.6 Å². The molecule has 0 radical (unpaired) electrons. The molecule has 2 aromatic carbocycles. The molecule has 0 saturated heterocycles. The van der Waals surface area contributed by atoms with Crippen LogP contribution in [0.25, 0.3) is 0 Å². The molecule has 2 rings (SSSR count). The monoisotopic (exact) mass is 359 g/mol. The van der Waals surface area contributed by atoms with Crippen molar-refractivity contribution in [1.82, 2.24) is 5.32 Å². The van der Waals surface area contributed by atoms with E-state index in [9.17, 15) is 9.59 Å². The van der Waals surface area contributed by atoms with Crippen LogP contribution >= 0.6 is 11.8 Å². The minimum atomic E-state index is -0.223. The van der Waals surface area contributed by atoms with Gasteiger partial charge in [-0.3, -0.25) is 9.59 Å². The summed E-state index contributed by atoms with van der Waals surface area (Å²) >= 11 is 1.67. The molecule has 132 valence electrons. The van der Waals surface area contributed by atoms with Gasteiger partial charge in [0.05, 0.1) is 12.7 Å². The summed E-state index contributed by atoms with van der Waals surface area (Å²) in [5, 5.41) is 2.80. The minimum Gasteiger partial charge on any atom is -0.497 e. The summed E-state index contributed by atoms with van der Waals surface area (Å²) in [6.07, 6.45) is 0. The summed E-state index contributed by atoms with van der Waals surface area (Å²) in [5.74, 6) is 1.35. The first-order valence-electron chi connectivity index (χ1n) is 7.86. The number of carbonyl (C=O) groups is 2. The molecule has 25 heavy (non-hydrogen) atoms. The van der Waals surface area contributed by atoms with Gasteiger partial charge < -0.3 is 14.8 Å². The van der Waals surface area contributed by atoms with Gasteiger partial charge in [-0.15, -0.1) is 11.8 Å². The van der Waals surface area contributed by atoms with Gasteiger partial charge in [-0.1, -0.05) is 18.2 Å². The average molecular weight is 359 g/mol. The molecular formula is C19H21NO4S. The Balaban J connectivity index is 1.77. The number of Topliss-reactive ketones (excluding diaryl/α,β-unsaturated/α-hetero) is 1. The van der Waals surface area contributed by atoms with Gasteiger partial charge in [0, 0.05) is 17.2 Å². The molecule has 0 heterocycles. The number of amides is 1. The van der Waals surface area contributed by atoms with E-state index in [4.69, 9.17) is 9.47 Å². The Bertz CT molecular complexity index is 719. The summed E-state index contributed by atoms with van der Waals surface area (Å²) in [6, 6.07) is 14.9. The number of hydrogen-bond donors (Lipinski definition) is 1. The van der Waals surface area contributed by atoms with E-state index in [0.717, 1.165) is 10.6 Å². The van der Waals surface area contributed by atoms with Gasteiger partial charge in [0.2, 0.25) is 0 Å².